The van der Waals surface area contributed by atoms with E-state index in [1.807, 2.05) is 83.8 Å². The molecule has 2 aliphatic heterocycles. The maximum absolute atomic E-state index is 13.1. The normalized spacial score (nSPS) is 15.8. The molecule has 0 radical (unpaired) electrons. The summed E-state index contributed by atoms with van der Waals surface area (Å²) in [6, 6.07) is 31.2. The van der Waals surface area contributed by atoms with Gasteiger partial charge in [-0.05, 0) is 78.6 Å². The highest BCUT2D eigenvalue weighted by Gasteiger charge is 2.27. The zero-order valence-corrected chi connectivity index (χ0v) is 33.1. The van der Waals surface area contributed by atoms with Gasteiger partial charge in [0.15, 0.2) is 0 Å². The van der Waals surface area contributed by atoms with E-state index in [9.17, 15) is 29.4 Å². The number of H-pyrrole nitrogens is 1. The van der Waals surface area contributed by atoms with E-state index >= 15 is 0 Å². The quantitative estimate of drug-likeness (QED) is 0.0743. The number of benzene rings is 4. The van der Waals surface area contributed by atoms with Crippen molar-refractivity contribution in [2.75, 3.05) is 49.9 Å². The minimum absolute atomic E-state index is 0.0480. The molecule has 2 saturated heterocycles. The standard InChI is InChI=1S/C46H52N6O7/c53-40-16-14-37(38-15-17-42(55)50-45(38)40)41(54)30-47-29-32-10-12-34(13-11-32)48-43(56)28-31-18-26-52(27-19-31)44(57)22-25-51-23-20-35(21-24-51)59-46(58)49-39-9-5-4-8-36(39)33-6-2-1-3-7-33/h1-17,31,35,41,47,53-54H,18-30H2,(H,48,56)(H,49,58)(H,50,55). The zero-order valence-electron chi connectivity index (χ0n) is 33.1. The number of aromatic nitrogens is 1. The Morgan fingerprint density at radius 2 is 1.54 bits per heavy atom. The van der Waals surface area contributed by atoms with Crippen LogP contribution in [0, 0.1) is 5.92 Å². The molecule has 1 atom stereocenters. The van der Waals surface area contributed by atoms with Gasteiger partial charge in [-0.1, -0.05) is 66.7 Å². The van der Waals surface area contributed by atoms with Gasteiger partial charge in [0.2, 0.25) is 17.4 Å². The molecular formula is C46H52N6O7. The number of aromatic hydroxyl groups is 1. The van der Waals surface area contributed by atoms with Gasteiger partial charge >= 0.3 is 6.09 Å². The number of likely N-dealkylation sites (tertiary alicyclic amines) is 2. The lowest BCUT2D eigenvalue weighted by molar-refractivity contribution is -0.133. The molecule has 7 rings (SSSR count). The molecule has 1 unspecified atom stereocenters. The molecule has 0 saturated carbocycles. The SMILES string of the molecule is O=C(CC1CCN(C(=O)CCN2CCC(OC(=O)Nc3ccccc3-c3ccccc3)CC2)CC1)Nc1ccc(CNCC(O)c2ccc(O)c3[nH]c(=O)ccc23)cc1. The van der Waals surface area contributed by atoms with Crippen LogP contribution in [0.2, 0.25) is 0 Å². The third-order valence-electron chi connectivity index (χ3n) is 11.3. The minimum Gasteiger partial charge on any atom is -0.506 e. The van der Waals surface area contributed by atoms with Crippen molar-refractivity contribution < 1.29 is 29.3 Å². The molecule has 13 heteroatoms. The minimum atomic E-state index is -0.860. The monoisotopic (exact) mass is 800 g/mol. The van der Waals surface area contributed by atoms with Crippen molar-refractivity contribution in [2.24, 2.45) is 5.92 Å². The number of piperidine rings is 2. The van der Waals surface area contributed by atoms with Crippen LogP contribution in [-0.2, 0) is 20.9 Å². The van der Waals surface area contributed by atoms with E-state index < -0.39 is 12.2 Å². The summed E-state index contributed by atoms with van der Waals surface area (Å²) in [5, 5.41) is 30.7. The summed E-state index contributed by atoms with van der Waals surface area (Å²) in [5.74, 6) is 0.246. The topological polar surface area (TPSA) is 176 Å². The third kappa shape index (κ3) is 11.1. The largest absolute Gasteiger partial charge is 0.506 e. The van der Waals surface area contributed by atoms with E-state index in [4.69, 9.17) is 4.74 Å². The van der Waals surface area contributed by atoms with Gasteiger partial charge in [0.25, 0.3) is 0 Å². The van der Waals surface area contributed by atoms with Gasteiger partial charge in [0.05, 0.1) is 17.3 Å². The number of aliphatic hydroxyl groups excluding tert-OH is 1. The predicted octanol–water partition coefficient (Wildman–Crippen LogP) is 6.39. The maximum Gasteiger partial charge on any atom is 0.411 e. The Balaban J connectivity index is 0.758. The number of ether oxygens (including phenoxy) is 1. The average molecular weight is 801 g/mol. The fraction of sp³-hybridized carbons (Fsp3) is 0.348. The van der Waals surface area contributed by atoms with Crippen LogP contribution in [0.4, 0.5) is 16.2 Å². The van der Waals surface area contributed by atoms with Gasteiger partial charge in [0, 0.05) is 81.4 Å². The number of rotatable bonds is 14. The fourth-order valence-electron chi connectivity index (χ4n) is 7.99. The first-order valence-corrected chi connectivity index (χ1v) is 20.4. The van der Waals surface area contributed by atoms with E-state index in [-0.39, 0.29) is 41.7 Å². The van der Waals surface area contributed by atoms with E-state index in [1.54, 1.807) is 12.1 Å². The lowest BCUT2D eigenvalue weighted by Crippen LogP contribution is -2.42. The number of pyridine rings is 1. The molecule has 308 valence electrons. The Labute approximate surface area is 343 Å². The molecule has 59 heavy (non-hydrogen) atoms. The van der Waals surface area contributed by atoms with Crippen molar-refractivity contribution in [1.82, 2.24) is 20.1 Å². The summed E-state index contributed by atoms with van der Waals surface area (Å²) >= 11 is 0. The molecule has 0 spiro atoms. The third-order valence-corrected chi connectivity index (χ3v) is 11.3. The van der Waals surface area contributed by atoms with Gasteiger partial charge in [0.1, 0.15) is 11.9 Å². The van der Waals surface area contributed by atoms with E-state index in [0.29, 0.717) is 66.9 Å². The summed E-state index contributed by atoms with van der Waals surface area (Å²) in [4.78, 5) is 57.3. The van der Waals surface area contributed by atoms with Crippen molar-refractivity contribution in [2.45, 2.75) is 57.3 Å². The lowest BCUT2D eigenvalue weighted by atomic mass is 9.93. The number of para-hydroxylation sites is 1. The van der Waals surface area contributed by atoms with Crippen molar-refractivity contribution in [3.05, 3.63) is 125 Å². The van der Waals surface area contributed by atoms with E-state index in [2.05, 4.69) is 25.8 Å². The number of phenolic OH excluding ortho intramolecular Hbond substituents is 1. The Morgan fingerprint density at radius 1 is 0.814 bits per heavy atom. The molecule has 2 aliphatic rings. The van der Waals surface area contributed by atoms with Crippen molar-refractivity contribution in [1.29, 1.82) is 0 Å². The van der Waals surface area contributed by atoms with Gasteiger partial charge in [-0.25, -0.2) is 4.79 Å². The average Bonchev–Trinajstić information content (AvgIpc) is 3.25. The fourth-order valence-corrected chi connectivity index (χ4v) is 7.99. The highest BCUT2D eigenvalue weighted by molar-refractivity contribution is 5.92. The second-order valence-electron chi connectivity index (χ2n) is 15.4. The summed E-state index contributed by atoms with van der Waals surface area (Å²) in [7, 11) is 0. The Hall–Kier alpha value is -6.02. The van der Waals surface area contributed by atoms with E-state index in [1.165, 1.54) is 12.1 Å². The summed E-state index contributed by atoms with van der Waals surface area (Å²) < 4.78 is 5.77. The molecule has 1 aromatic heterocycles. The van der Waals surface area contributed by atoms with Gasteiger partial charge in [-0.3, -0.25) is 19.7 Å². The molecule has 0 bridgehead atoms. The van der Waals surface area contributed by atoms with Crippen LogP contribution in [0.5, 0.6) is 5.75 Å². The van der Waals surface area contributed by atoms with Crippen LogP contribution in [0.3, 0.4) is 0 Å². The Bertz CT molecular complexity index is 2270. The number of aromatic amines is 1. The lowest BCUT2D eigenvalue weighted by Gasteiger charge is -2.34. The van der Waals surface area contributed by atoms with Crippen LogP contribution in [0.1, 0.15) is 55.8 Å². The number of phenols is 1. The number of carbonyl (C=O) groups is 3. The van der Waals surface area contributed by atoms with Gasteiger partial charge in [-0.2, -0.15) is 0 Å². The molecule has 6 N–H and O–H groups in total. The second-order valence-corrected chi connectivity index (χ2v) is 15.4. The Morgan fingerprint density at radius 3 is 2.31 bits per heavy atom. The van der Waals surface area contributed by atoms with Crippen molar-refractivity contribution in [3.63, 3.8) is 0 Å². The van der Waals surface area contributed by atoms with Crippen LogP contribution in [-0.4, -0.2) is 88.3 Å². The van der Waals surface area contributed by atoms with Crippen LogP contribution < -0.4 is 21.5 Å². The molecular weight excluding hydrogens is 749 g/mol. The van der Waals surface area contributed by atoms with Crippen LogP contribution in [0.15, 0.2) is 108 Å². The molecule has 5 aromatic rings. The summed E-state index contributed by atoms with van der Waals surface area (Å²) in [5.41, 5.74) is 4.90. The van der Waals surface area contributed by atoms with Crippen LogP contribution in [0.25, 0.3) is 22.0 Å². The number of hydrogen-bond donors (Lipinski definition) is 6. The van der Waals surface area contributed by atoms with E-state index in [0.717, 1.165) is 55.5 Å². The summed E-state index contributed by atoms with van der Waals surface area (Å²) in [6.07, 6.45) is 2.36. The first-order chi connectivity index (χ1) is 28.7. The molecule has 4 aromatic carbocycles. The maximum atomic E-state index is 13.1. The number of nitrogens with one attached hydrogen (secondary N) is 4. The molecule has 2 fully saturated rings. The van der Waals surface area contributed by atoms with Crippen molar-refractivity contribution in [3.8, 4) is 16.9 Å². The second kappa shape index (κ2) is 19.6. The number of anilines is 2. The Kier molecular flexibility index (Phi) is 13.7. The van der Waals surface area contributed by atoms with Gasteiger partial charge in [-0.15, -0.1) is 0 Å². The molecule has 3 heterocycles. The highest BCUT2D eigenvalue weighted by atomic mass is 16.6. The number of nitrogens with zero attached hydrogens (tertiary/aromatic N) is 2. The summed E-state index contributed by atoms with van der Waals surface area (Å²) in [6.45, 7) is 4.24. The number of fused-ring (bicyclic) bond motifs is 1. The predicted molar refractivity (Wildman–Crippen MR) is 228 cm³/mol. The molecule has 0 aliphatic carbocycles. The number of carbonyl (C=O) groups excluding carboxylic acids is 3. The first-order valence-electron chi connectivity index (χ1n) is 20.4. The first kappa shape index (κ1) is 41.2. The molecule has 13 nitrogen and oxygen atoms in total. The number of hydrogen-bond acceptors (Lipinski definition) is 9. The number of aliphatic hydroxyl groups is 1. The van der Waals surface area contributed by atoms with Crippen molar-refractivity contribution >= 4 is 40.2 Å². The number of amides is 3. The smallest absolute Gasteiger partial charge is 0.411 e. The molecule has 3 amide bonds. The zero-order chi connectivity index (χ0) is 41.1. The highest BCUT2D eigenvalue weighted by Crippen LogP contribution is 2.30. The van der Waals surface area contributed by atoms with Gasteiger partial charge < -0.3 is 40.4 Å². The van der Waals surface area contributed by atoms with Crippen LogP contribution >= 0.6 is 0 Å².